The number of nitrogens with one attached hydrogen (secondary N) is 2. The normalized spacial score (nSPS) is 12.1. The van der Waals surface area contributed by atoms with Crippen LogP contribution >= 0.6 is 11.6 Å². The first-order valence-electron chi connectivity index (χ1n) is 9.43. The van der Waals surface area contributed by atoms with E-state index < -0.39 is 41.1 Å². The molecule has 9 heteroatoms. The molecule has 2 aromatic carbocycles. The number of carbonyl (C=O) groups is 3. The second-order valence-corrected chi connectivity index (χ2v) is 8.27. The Morgan fingerprint density at radius 2 is 1.81 bits per heavy atom. The number of hydrogen-bond acceptors (Lipinski definition) is 4. The van der Waals surface area contributed by atoms with Gasteiger partial charge in [-0.05, 0) is 51.5 Å². The molecule has 0 aliphatic rings. The molecule has 1 atom stereocenters. The molecule has 2 amide bonds. The fraction of sp³-hybridized carbons (Fsp3) is 0.318. The summed E-state index contributed by atoms with van der Waals surface area (Å²) in [6, 6.07) is 6.37. The fourth-order valence-electron chi connectivity index (χ4n) is 2.65. The highest BCUT2D eigenvalue weighted by molar-refractivity contribution is 6.34. The zero-order valence-corrected chi connectivity index (χ0v) is 18.3. The summed E-state index contributed by atoms with van der Waals surface area (Å²) < 4.78 is 32.1. The van der Waals surface area contributed by atoms with Crippen molar-refractivity contribution >= 4 is 35.1 Å². The average molecular weight is 453 g/mol. The molecule has 0 aliphatic heterocycles. The maximum absolute atomic E-state index is 13.9. The van der Waals surface area contributed by atoms with E-state index in [1.807, 2.05) is 0 Å². The Kier molecular flexibility index (Phi) is 7.73. The summed E-state index contributed by atoms with van der Waals surface area (Å²) in [7, 11) is 0. The molecule has 2 N–H and O–H groups in total. The minimum Gasteiger partial charge on any atom is -0.444 e. The predicted molar refractivity (Wildman–Crippen MR) is 113 cm³/mol. The summed E-state index contributed by atoms with van der Waals surface area (Å²) >= 11 is 6.16. The summed E-state index contributed by atoms with van der Waals surface area (Å²) in [6.07, 6.45) is -0.962. The number of anilines is 1. The molecule has 6 nitrogen and oxygen atoms in total. The number of Topliss-reactive ketones (excluding diaryl/α,β-unsaturated/α-hetero) is 1. The van der Waals surface area contributed by atoms with Gasteiger partial charge in [0.2, 0.25) is 0 Å². The number of ether oxygens (including phenoxy) is 1. The average Bonchev–Trinajstić information content (AvgIpc) is 2.62. The lowest BCUT2D eigenvalue weighted by Gasteiger charge is -2.21. The Balaban J connectivity index is 2.17. The lowest BCUT2D eigenvalue weighted by atomic mass is 9.99. The molecule has 0 spiro atoms. The third kappa shape index (κ3) is 7.03. The van der Waals surface area contributed by atoms with Gasteiger partial charge in [0, 0.05) is 12.5 Å². The summed E-state index contributed by atoms with van der Waals surface area (Å²) in [5.74, 6) is -2.89. The van der Waals surface area contributed by atoms with E-state index in [9.17, 15) is 23.2 Å². The van der Waals surface area contributed by atoms with Crippen LogP contribution in [-0.4, -0.2) is 29.4 Å². The molecule has 2 aromatic rings. The molecule has 0 heterocycles. The van der Waals surface area contributed by atoms with E-state index in [1.54, 1.807) is 26.8 Å². The van der Waals surface area contributed by atoms with Crippen molar-refractivity contribution < 1.29 is 27.9 Å². The van der Waals surface area contributed by atoms with Gasteiger partial charge in [-0.15, -0.1) is 0 Å². The molecular weight excluding hydrogens is 430 g/mol. The van der Waals surface area contributed by atoms with Gasteiger partial charge in [-0.25, -0.2) is 13.6 Å². The van der Waals surface area contributed by atoms with Gasteiger partial charge >= 0.3 is 6.09 Å². The number of carbonyl (C=O) groups excluding carboxylic acids is 3. The Bertz CT molecular complexity index is 1010. The van der Waals surface area contributed by atoms with Crippen LogP contribution in [0.2, 0.25) is 5.02 Å². The van der Waals surface area contributed by atoms with Crippen LogP contribution in [0, 0.1) is 11.6 Å². The molecule has 0 saturated heterocycles. The second-order valence-electron chi connectivity index (χ2n) is 7.86. The van der Waals surface area contributed by atoms with Crippen LogP contribution in [0.3, 0.4) is 0 Å². The highest BCUT2D eigenvalue weighted by Crippen LogP contribution is 2.24. The summed E-state index contributed by atoms with van der Waals surface area (Å²) in [6.45, 7) is 6.57. The van der Waals surface area contributed by atoms with Crippen LogP contribution in [0.15, 0.2) is 36.4 Å². The van der Waals surface area contributed by atoms with Crippen LogP contribution in [-0.2, 0) is 16.0 Å². The van der Waals surface area contributed by atoms with E-state index in [2.05, 4.69) is 10.6 Å². The Morgan fingerprint density at radius 1 is 1.13 bits per heavy atom. The monoisotopic (exact) mass is 452 g/mol. The van der Waals surface area contributed by atoms with Crippen molar-refractivity contribution in [3.63, 3.8) is 0 Å². The van der Waals surface area contributed by atoms with Crippen LogP contribution < -0.4 is 10.6 Å². The maximum atomic E-state index is 13.9. The first-order valence-corrected chi connectivity index (χ1v) is 9.81. The van der Waals surface area contributed by atoms with E-state index in [-0.39, 0.29) is 28.3 Å². The number of ketones is 1. The molecule has 0 aromatic heterocycles. The Labute approximate surface area is 183 Å². The van der Waals surface area contributed by atoms with Crippen molar-refractivity contribution in [1.29, 1.82) is 0 Å². The smallest absolute Gasteiger partial charge is 0.408 e. The minimum absolute atomic E-state index is 0.0225. The first-order chi connectivity index (χ1) is 14.4. The molecular formula is C22H23ClF2N2O4. The van der Waals surface area contributed by atoms with Gasteiger partial charge in [-0.1, -0.05) is 23.7 Å². The third-order valence-electron chi connectivity index (χ3n) is 4.09. The lowest BCUT2D eigenvalue weighted by molar-refractivity contribution is -0.120. The first kappa shape index (κ1) is 24.3. The van der Waals surface area contributed by atoms with Gasteiger partial charge < -0.3 is 15.4 Å². The quantitative estimate of drug-likeness (QED) is 0.653. The SMILES string of the molecule is C[C@H](NC(=O)OC(C)(C)C)C(=O)Cc1cccc(Cl)c1C(=O)Nc1ccc(F)cc1F. The largest absolute Gasteiger partial charge is 0.444 e. The van der Waals surface area contributed by atoms with E-state index >= 15 is 0 Å². The van der Waals surface area contributed by atoms with Crippen LogP contribution in [0.25, 0.3) is 0 Å². The van der Waals surface area contributed by atoms with Gasteiger partial charge in [0.15, 0.2) is 5.78 Å². The number of hydrogen-bond donors (Lipinski definition) is 2. The third-order valence-corrected chi connectivity index (χ3v) is 4.40. The molecule has 0 unspecified atom stereocenters. The number of halogens is 3. The summed E-state index contributed by atoms with van der Waals surface area (Å²) in [4.78, 5) is 37.2. The van der Waals surface area contributed by atoms with Crippen molar-refractivity contribution in [3.8, 4) is 0 Å². The molecule has 0 fully saturated rings. The predicted octanol–water partition coefficient (Wildman–Crippen LogP) is 4.90. The van der Waals surface area contributed by atoms with Gasteiger partial charge in [0.1, 0.15) is 17.2 Å². The van der Waals surface area contributed by atoms with Crippen molar-refractivity contribution in [2.24, 2.45) is 0 Å². The van der Waals surface area contributed by atoms with E-state index in [1.165, 1.54) is 19.1 Å². The topological polar surface area (TPSA) is 84.5 Å². The van der Waals surface area contributed by atoms with E-state index in [0.717, 1.165) is 12.1 Å². The van der Waals surface area contributed by atoms with Gasteiger partial charge in [-0.3, -0.25) is 9.59 Å². The van der Waals surface area contributed by atoms with Crippen molar-refractivity contribution in [2.45, 2.75) is 45.8 Å². The standard InChI is InChI=1S/C22H23ClF2N2O4/c1-12(26-21(30)31-22(2,3)4)18(28)10-13-6-5-7-15(23)19(13)20(29)27-17-9-8-14(24)11-16(17)25/h5-9,11-12H,10H2,1-4H3,(H,26,30)(H,27,29)/t12-/m0/s1. The fourth-order valence-corrected chi connectivity index (χ4v) is 2.93. The molecule has 166 valence electrons. The minimum atomic E-state index is -0.951. The van der Waals surface area contributed by atoms with Crippen molar-refractivity contribution in [3.05, 3.63) is 64.2 Å². The number of benzene rings is 2. The van der Waals surface area contributed by atoms with Crippen molar-refractivity contribution in [2.75, 3.05) is 5.32 Å². The van der Waals surface area contributed by atoms with Crippen LogP contribution in [0.4, 0.5) is 19.3 Å². The molecule has 0 aliphatic carbocycles. The number of amides is 2. The van der Waals surface area contributed by atoms with E-state index in [4.69, 9.17) is 16.3 Å². The molecule has 31 heavy (non-hydrogen) atoms. The maximum Gasteiger partial charge on any atom is 0.408 e. The number of rotatable bonds is 6. The molecule has 0 bridgehead atoms. The van der Waals surface area contributed by atoms with Gasteiger partial charge in [-0.2, -0.15) is 0 Å². The summed E-state index contributed by atoms with van der Waals surface area (Å²) in [5.41, 5.74) is -0.689. The van der Waals surface area contributed by atoms with Gasteiger partial charge in [0.25, 0.3) is 5.91 Å². The Hall–Kier alpha value is -3.00. The Morgan fingerprint density at radius 3 is 2.42 bits per heavy atom. The highest BCUT2D eigenvalue weighted by atomic mass is 35.5. The molecule has 2 rings (SSSR count). The van der Waals surface area contributed by atoms with Gasteiger partial charge in [0.05, 0.1) is 22.3 Å². The zero-order chi connectivity index (χ0) is 23.3. The van der Waals surface area contributed by atoms with Crippen LogP contribution in [0.5, 0.6) is 0 Å². The highest BCUT2D eigenvalue weighted by Gasteiger charge is 2.24. The molecule has 0 radical (unpaired) electrons. The van der Waals surface area contributed by atoms with Crippen molar-refractivity contribution in [1.82, 2.24) is 5.32 Å². The van der Waals surface area contributed by atoms with E-state index in [0.29, 0.717) is 6.07 Å². The molecule has 0 saturated carbocycles. The zero-order valence-electron chi connectivity index (χ0n) is 17.5. The van der Waals surface area contributed by atoms with Crippen LogP contribution in [0.1, 0.15) is 43.6 Å². The number of alkyl carbamates (subject to hydrolysis) is 1. The second kappa shape index (κ2) is 9.87. The summed E-state index contributed by atoms with van der Waals surface area (Å²) in [5, 5.41) is 4.83. The lowest BCUT2D eigenvalue weighted by Crippen LogP contribution is -2.42.